The van der Waals surface area contributed by atoms with Crippen LogP contribution in [0.1, 0.15) is 12.5 Å². The zero-order valence-electron chi connectivity index (χ0n) is 7.49. The van der Waals surface area contributed by atoms with Crippen molar-refractivity contribution in [2.45, 2.75) is 12.5 Å². The number of carbonyl (C=O) groups is 1. The number of rotatable bonds is 2. The van der Waals surface area contributed by atoms with Gasteiger partial charge in [-0.2, -0.15) is 0 Å². The average molecular weight is 260 g/mol. The van der Waals surface area contributed by atoms with Crippen LogP contribution in [0.2, 0.25) is 0 Å². The molecule has 5 N–H and O–H groups in total. The highest BCUT2D eigenvalue weighted by Gasteiger charge is 2.30. The van der Waals surface area contributed by atoms with E-state index in [0.29, 0.717) is 15.9 Å². The monoisotopic (exact) mass is 259 g/mol. The Morgan fingerprint density at radius 2 is 2.29 bits per heavy atom. The minimum absolute atomic E-state index is 0.301. The molecular weight excluding hydrogens is 250 g/mol. The van der Waals surface area contributed by atoms with Crippen molar-refractivity contribution in [2.75, 3.05) is 5.73 Å². The lowest BCUT2D eigenvalue weighted by atomic mass is 9.95. The molecule has 1 aromatic rings. The van der Waals surface area contributed by atoms with Crippen LogP contribution >= 0.6 is 15.9 Å². The normalized spacial score (nSPS) is 14.8. The molecule has 0 aliphatic heterocycles. The van der Waals surface area contributed by atoms with Crippen LogP contribution in [0.3, 0.4) is 0 Å². The van der Waals surface area contributed by atoms with Gasteiger partial charge in [-0.25, -0.2) is 9.78 Å². The lowest BCUT2D eigenvalue weighted by molar-refractivity contribution is -0.143. The minimum atomic E-state index is -1.46. The van der Waals surface area contributed by atoms with Crippen LogP contribution < -0.4 is 11.5 Å². The Hall–Kier alpha value is -1.14. The molecule has 1 unspecified atom stereocenters. The number of pyridine rings is 1. The fraction of sp³-hybridized carbons (Fsp3) is 0.250. The second-order valence-corrected chi connectivity index (χ2v) is 3.95. The lowest BCUT2D eigenvalue weighted by Gasteiger charge is -2.19. The molecule has 0 fully saturated rings. The van der Waals surface area contributed by atoms with Gasteiger partial charge in [-0.15, -0.1) is 0 Å². The first-order chi connectivity index (χ1) is 6.35. The zero-order valence-corrected chi connectivity index (χ0v) is 9.08. The van der Waals surface area contributed by atoms with E-state index < -0.39 is 11.5 Å². The van der Waals surface area contributed by atoms with E-state index in [9.17, 15) is 4.79 Å². The van der Waals surface area contributed by atoms with Gasteiger partial charge < -0.3 is 16.6 Å². The number of aromatic nitrogens is 1. The molecular formula is C8H10BrN3O2. The fourth-order valence-corrected chi connectivity index (χ4v) is 1.20. The molecule has 0 aliphatic carbocycles. The Morgan fingerprint density at radius 1 is 1.71 bits per heavy atom. The van der Waals surface area contributed by atoms with Crippen LogP contribution in [0.5, 0.6) is 0 Å². The van der Waals surface area contributed by atoms with Gasteiger partial charge in [0, 0.05) is 11.8 Å². The standard InChI is InChI=1S/C8H10BrN3O2/c1-8(11,7(13)14)4-2-5(9)6(10)12-3-4/h2-3H,11H2,1H3,(H2,10,12)(H,13,14). The van der Waals surface area contributed by atoms with Crippen molar-refractivity contribution in [3.05, 3.63) is 22.3 Å². The van der Waals surface area contributed by atoms with Crippen molar-refractivity contribution in [1.29, 1.82) is 0 Å². The molecule has 1 rings (SSSR count). The van der Waals surface area contributed by atoms with Crippen molar-refractivity contribution in [1.82, 2.24) is 4.98 Å². The summed E-state index contributed by atoms with van der Waals surface area (Å²) < 4.78 is 0.535. The molecule has 6 heteroatoms. The van der Waals surface area contributed by atoms with E-state index in [4.69, 9.17) is 16.6 Å². The van der Waals surface area contributed by atoms with Gasteiger partial charge >= 0.3 is 5.97 Å². The van der Waals surface area contributed by atoms with E-state index in [-0.39, 0.29) is 0 Å². The number of nitrogens with two attached hydrogens (primary N) is 2. The first kappa shape index (κ1) is 10.9. The van der Waals surface area contributed by atoms with E-state index in [1.165, 1.54) is 13.1 Å². The number of carboxylic acids is 1. The summed E-state index contributed by atoms with van der Waals surface area (Å²) in [4.78, 5) is 14.6. The maximum Gasteiger partial charge on any atom is 0.328 e. The third kappa shape index (κ3) is 1.85. The molecule has 0 amide bonds. The second kappa shape index (κ2) is 3.55. The first-order valence-corrected chi connectivity index (χ1v) is 4.58. The van der Waals surface area contributed by atoms with E-state index in [1.54, 1.807) is 6.07 Å². The van der Waals surface area contributed by atoms with Crippen LogP contribution in [0.15, 0.2) is 16.7 Å². The summed E-state index contributed by atoms with van der Waals surface area (Å²) >= 11 is 3.15. The van der Waals surface area contributed by atoms with Gasteiger partial charge in [-0.1, -0.05) is 0 Å². The number of aliphatic carboxylic acids is 1. The predicted octanol–water partition coefficient (Wildman–Crippen LogP) is 0.685. The molecule has 1 heterocycles. The highest BCUT2D eigenvalue weighted by molar-refractivity contribution is 9.10. The van der Waals surface area contributed by atoms with Crippen molar-refractivity contribution in [3.8, 4) is 0 Å². The van der Waals surface area contributed by atoms with Gasteiger partial charge in [0.1, 0.15) is 11.4 Å². The van der Waals surface area contributed by atoms with Gasteiger partial charge in [-0.3, -0.25) is 0 Å². The summed E-state index contributed by atoms with van der Waals surface area (Å²) in [7, 11) is 0. The number of anilines is 1. The van der Waals surface area contributed by atoms with E-state index >= 15 is 0 Å². The molecule has 0 saturated carbocycles. The van der Waals surface area contributed by atoms with Crippen LogP contribution in [0, 0.1) is 0 Å². The van der Waals surface area contributed by atoms with Crippen molar-refractivity contribution in [2.24, 2.45) is 5.73 Å². The van der Waals surface area contributed by atoms with Crippen LogP contribution in [-0.4, -0.2) is 16.1 Å². The van der Waals surface area contributed by atoms with Crippen molar-refractivity contribution >= 4 is 27.7 Å². The third-order valence-corrected chi connectivity index (χ3v) is 2.55. The smallest absolute Gasteiger partial charge is 0.328 e. The molecule has 0 bridgehead atoms. The Morgan fingerprint density at radius 3 is 2.71 bits per heavy atom. The average Bonchev–Trinajstić information content (AvgIpc) is 2.09. The molecule has 1 atom stereocenters. The van der Waals surface area contributed by atoms with E-state index in [2.05, 4.69) is 20.9 Å². The maximum absolute atomic E-state index is 10.8. The molecule has 0 spiro atoms. The van der Waals surface area contributed by atoms with Gasteiger partial charge in [0.2, 0.25) is 0 Å². The number of hydrogen-bond donors (Lipinski definition) is 3. The highest BCUT2D eigenvalue weighted by atomic mass is 79.9. The Labute approximate surface area is 89.2 Å². The number of hydrogen-bond acceptors (Lipinski definition) is 4. The Balaban J connectivity index is 3.21. The Kier molecular flexibility index (Phi) is 2.77. The van der Waals surface area contributed by atoms with Crippen LogP contribution in [0.4, 0.5) is 5.82 Å². The van der Waals surface area contributed by atoms with Gasteiger partial charge in [0.25, 0.3) is 0 Å². The number of halogens is 1. The molecule has 5 nitrogen and oxygen atoms in total. The van der Waals surface area contributed by atoms with Crippen molar-refractivity contribution < 1.29 is 9.90 Å². The summed E-state index contributed by atoms with van der Waals surface area (Å²) in [6.07, 6.45) is 1.36. The maximum atomic E-state index is 10.8. The van der Waals surface area contributed by atoms with Crippen LogP contribution in [-0.2, 0) is 10.3 Å². The summed E-state index contributed by atoms with van der Waals surface area (Å²) in [5.74, 6) is -0.814. The minimum Gasteiger partial charge on any atom is -0.480 e. The third-order valence-electron chi connectivity index (χ3n) is 1.91. The molecule has 76 valence electrons. The van der Waals surface area contributed by atoms with Gasteiger partial charge in [-0.05, 0) is 28.9 Å². The first-order valence-electron chi connectivity index (χ1n) is 3.79. The SMILES string of the molecule is CC(N)(C(=O)O)c1cnc(N)c(Br)c1. The second-order valence-electron chi connectivity index (χ2n) is 3.10. The number of carboxylic acid groups (broad SMARTS) is 1. The quantitative estimate of drug-likeness (QED) is 0.725. The summed E-state index contributed by atoms with van der Waals surface area (Å²) in [5.41, 5.74) is 10.00. The molecule has 14 heavy (non-hydrogen) atoms. The molecule has 0 radical (unpaired) electrons. The Bertz CT molecular complexity index is 379. The summed E-state index contributed by atoms with van der Waals surface area (Å²) in [6.45, 7) is 1.40. The summed E-state index contributed by atoms with van der Waals surface area (Å²) in [5, 5.41) is 8.86. The topological polar surface area (TPSA) is 102 Å². The van der Waals surface area contributed by atoms with E-state index in [1.807, 2.05) is 0 Å². The summed E-state index contributed by atoms with van der Waals surface area (Å²) in [6, 6.07) is 1.55. The largest absolute Gasteiger partial charge is 0.480 e. The highest BCUT2D eigenvalue weighted by Crippen LogP contribution is 2.24. The van der Waals surface area contributed by atoms with Crippen LogP contribution in [0.25, 0.3) is 0 Å². The number of nitrogens with zero attached hydrogens (tertiary/aromatic N) is 1. The predicted molar refractivity (Wildman–Crippen MR) is 55.5 cm³/mol. The molecule has 1 aromatic heterocycles. The zero-order chi connectivity index (χ0) is 10.9. The van der Waals surface area contributed by atoms with Crippen molar-refractivity contribution in [3.63, 3.8) is 0 Å². The molecule has 0 aliphatic rings. The molecule has 0 aromatic carbocycles. The fourth-order valence-electron chi connectivity index (χ4n) is 0.856. The number of nitrogen functional groups attached to an aromatic ring is 1. The van der Waals surface area contributed by atoms with Gasteiger partial charge in [0.15, 0.2) is 0 Å². The van der Waals surface area contributed by atoms with Gasteiger partial charge in [0.05, 0.1) is 4.47 Å². The molecule has 0 saturated heterocycles. The lowest BCUT2D eigenvalue weighted by Crippen LogP contribution is -2.41. The van der Waals surface area contributed by atoms with E-state index in [0.717, 1.165) is 0 Å².